The van der Waals surface area contributed by atoms with Crippen molar-refractivity contribution in [2.45, 2.75) is 39.7 Å². The van der Waals surface area contributed by atoms with Gasteiger partial charge in [-0.15, -0.1) is 0 Å². The highest BCUT2D eigenvalue weighted by atomic mass is 16.1. The van der Waals surface area contributed by atoms with Gasteiger partial charge in [0.15, 0.2) is 5.78 Å². The summed E-state index contributed by atoms with van der Waals surface area (Å²) in [4.78, 5) is 18.1. The normalized spacial score (nSPS) is 24.1. The van der Waals surface area contributed by atoms with Gasteiger partial charge in [-0.1, -0.05) is 13.8 Å². The molecule has 0 aliphatic carbocycles. The summed E-state index contributed by atoms with van der Waals surface area (Å²) in [6.45, 7) is 7.47. The predicted octanol–water partition coefficient (Wildman–Crippen LogP) is 2.91. The van der Waals surface area contributed by atoms with E-state index in [2.05, 4.69) is 23.7 Å². The summed E-state index contributed by atoms with van der Waals surface area (Å²) in [5.41, 5.74) is 1.71. The minimum Gasteiger partial charge on any atom is -0.367 e. The fourth-order valence-electron chi connectivity index (χ4n) is 2.56. The topological polar surface area (TPSA) is 33.2 Å². The van der Waals surface area contributed by atoms with Crippen LogP contribution in [0.15, 0.2) is 18.3 Å². The SMILES string of the molecule is CCC(=O)c1ccc(N2CC(C)CC2C)cn1. The van der Waals surface area contributed by atoms with E-state index in [0.717, 1.165) is 18.2 Å². The van der Waals surface area contributed by atoms with Gasteiger partial charge in [-0.2, -0.15) is 0 Å². The maximum Gasteiger partial charge on any atom is 0.180 e. The van der Waals surface area contributed by atoms with Gasteiger partial charge in [0.2, 0.25) is 0 Å². The van der Waals surface area contributed by atoms with Gasteiger partial charge in [0.1, 0.15) is 5.69 Å². The van der Waals surface area contributed by atoms with E-state index in [4.69, 9.17) is 0 Å². The molecule has 1 aromatic heterocycles. The molecule has 2 rings (SSSR count). The van der Waals surface area contributed by atoms with Gasteiger partial charge in [0.25, 0.3) is 0 Å². The lowest BCUT2D eigenvalue weighted by molar-refractivity contribution is 0.0983. The van der Waals surface area contributed by atoms with Gasteiger partial charge in [-0.3, -0.25) is 9.78 Å². The fourth-order valence-corrected chi connectivity index (χ4v) is 2.56. The first-order chi connectivity index (χ1) is 8.11. The standard InChI is InChI=1S/C14H20N2O/c1-4-14(17)13-6-5-12(8-15-13)16-9-10(2)7-11(16)3/h5-6,8,10-11H,4,7,9H2,1-3H3. The van der Waals surface area contributed by atoms with Crippen LogP contribution in [0.1, 0.15) is 44.1 Å². The largest absolute Gasteiger partial charge is 0.367 e. The summed E-state index contributed by atoms with van der Waals surface area (Å²) in [5, 5.41) is 0. The van der Waals surface area contributed by atoms with Crippen LogP contribution in [0.3, 0.4) is 0 Å². The van der Waals surface area contributed by atoms with Gasteiger partial charge in [0.05, 0.1) is 11.9 Å². The van der Waals surface area contributed by atoms with Gasteiger partial charge in [-0.05, 0) is 31.4 Å². The average molecular weight is 232 g/mol. The Hall–Kier alpha value is -1.38. The van der Waals surface area contributed by atoms with E-state index in [-0.39, 0.29) is 5.78 Å². The van der Waals surface area contributed by atoms with E-state index in [0.29, 0.717) is 18.2 Å². The first kappa shape index (κ1) is 12.1. The van der Waals surface area contributed by atoms with Crippen LogP contribution in [0.4, 0.5) is 5.69 Å². The van der Waals surface area contributed by atoms with Crippen LogP contribution in [-0.2, 0) is 0 Å². The highest BCUT2D eigenvalue weighted by Gasteiger charge is 2.26. The van der Waals surface area contributed by atoms with Crippen LogP contribution in [0.25, 0.3) is 0 Å². The molecule has 1 aliphatic heterocycles. The number of aromatic nitrogens is 1. The lowest BCUT2D eigenvalue weighted by Crippen LogP contribution is -2.26. The molecule has 92 valence electrons. The number of hydrogen-bond acceptors (Lipinski definition) is 3. The van der Waals surface area contributed by atoms with Crippen molar-refractivity contribution in [2.24, 2.45) is 5.92 Å². The first-order valence-corrected chi connectivity index (χ1v) is 6.37. The van der Waals surface area contributed by atoms with Gasteiger partial charge >= 0.3 is 0 Å². The molecule has 2 atom stereocenters. The van der Waals surface area contributed by atoms with Crippen molar-refractivity contribution in [1.29, 1.82) is 0 Å². The Balaban J connectivity index is 2.15. The number of carbonyl (C=O) groups excluding carboxylic acids is 1. The third-order valence-corrected chi connectivity index (χ3v) is 3.47. The van der Waals surface area contributed by atoms with Crippen LogP contribution < -0.4 is 4.90 Å². The van der Waals surface area contributed by atoms with E-state index < -0.39 is 0 Å². The van der Waals surface area contributed by atoms with Crippen LogP contribution in [0.2, 0.25) is 0 Å². The second-order valence-electron chi connectivity index (χ2n) is 5.02. The molecule has 0 N–H and O–H groups in total. The van der Waals surface area contributed by atoms with E-state index in [1.807, 2.05) is 25.3 Å². The van der Waals surface area contributed by atoms with Crippen molar-refractivity contribution in [3.8, 4) is 0 Å². The Labute approximate surface area is 103 Å². The summed E-state index contributed by atoms with van der Waals surface area (Å²) in [6, 6.07) is 4.43. The molecule has 2 unspecified atom stereocenters. The van der Waals surface area contributed by atoms with Crippen LogP contribution in [-0.4, -0.2) is 23.4 Å². The summed E-state index contributed by atoms with van der Waals surface area (Å²) < 4.78 is 0. The number of rotatable bonds is 3. The van der Waals surface area contributed by atoms with Gasteiger partial charge in [-0.25, -0.2) is 0 Å². The van der Waals surface area contributed by atoms with E-state index >= 15 is 0 Å². The van der Waals surface area contributed by atoms with E-state index in [9.17, 15) is 4.79 Å². The van der Waals surface area contributed by atoms with E-state index in [1.54, 1.807) is 0 Å². The zero-order valence-corrected chi connectivity index (χ0v) is 10.8. The number of pyridine rings is 1. The molecule has 1 aromatic rings. The Kier molecular flexibility index (Phi) is 3.46. The Morgan fingerprint density at radius 1 is 1.47 bits per heavy atom. The molecular weight excluding hydrogens is 212 g/mol. The molecule has 17 heavy (non-hydrogen) atoms. The molecule has 0 radical (unpaired) electrons. The molecule has 1 aliphatic rings. The Bertz CT molecular complexity index is 399. The summed E-state index contributed by atoms with van der Waals surface area (Å²) in [5.74, 6) is 0.848. The zero-order chi connectivity index (χ0) is 12.4. The van der Waals surface area contributed by atoms with Gasteiger partial charge < -0.3 is 4.90 Å². The predicted molar refractivity (Wildman–Crippen MR) is 69.4 cm³/mol. The maximum absolute atomic E-state index is 11.5. The molecule has 1 fully saturated rings. The fraction of sp³-hybridized carbons (Fsp3) is 0.571. The van der Waals surface area contributed by atoms with Crippen molar-refractivity contribution in [1.82, 2.24) is 4.98 Å². The van der Waals surface area contributed by atoms with Crippen LogP contribution in [0, 0.1) is 5.92 Å². The quantitative estimate of drug-likeness (QED) is 0.751. The summed E-state index contributed by atoms with van der Waals surface area (Å²) >= 11 is 0. The minimum absolute atomic E-state index is 0.111. The molecule has 0 saturated carbocycles. The third-order valence-electron chi connectivity index (χ3n) is 3.47. The van der Waals surface area contributed by atoms with Gasteiger partial charge in [0, 0.05) is 19.0 Å². The molecule has 3 nitrogen and oxygen atoms in total. The van der Waals surface area contributed by atoms with Crippen molar-refractivity contribution >= 4 is 11.5 Å². The number of nitrogens with zero attached hydrogens (tertiary/aromatic N) is 2. The number of Topliss-reactive ketones (excluding diaryl/α,β-unsaturated/α-hetero) is 1. The Morgan fingerprint density at radius 2 is 2.24 bits per heavy atom. The lowest BCUT2D eigenvalue weighted by Gasteiger charge is -2.23. The molecule has 3 heteroatoms. The maximum atomic E-state index is 11.5. The minimum atomic E-state index is 0.111. The first-order valence-electron chi connectivity index (χ1n) is 6.37. The molecule has 0 aromatic carbocycles. The van der Waals surface area contributed by atoms with Crippen molar-refractivity contribution in [3.05, 3.63) is 24.0 Å². The average Bonchev–Trinajstić information content (AvgIpc) is 2.68. The number of carbonyl (C=O) groups is 1. The summed E-state index contributed by atoms with van der Waals surface area (Å²) in [6.07, 6.45) is 3.58. The third kappa shape index (κ3) is 2.48. The molecular formula is C14H20N2O. The highest BCUT2D eigenvalue weighted by Crippen LogP contribution is 2.28. The zero-order valence-electron chi connectivity index (χ0n) is 10.8. The number of hydrogen-bond donors (Lipinski definition) is 0. The lowest BCUT2D eigenvalue weighted by atomic mass is 10.1. The van der Waals surface area contributed by atoms with Crippen LogP contribution in [0.5, 0.6) is 0 Å². The Morgan fingerprint density at radius 3 is 2.71 bits per heavy atom. The van der Waals surface area contributed by atoms with Crippen molar-refractivity contribution < 1.29 is 4.79 Å². The van der Waals surface area contributed by atoms with Crippen LogP contribution >= 0.6 is 0 Å². The smallest absolute Gasteiger partial charge is 0.180 e. The molecule has 2 heterocycles. The monoisotopic (exact) mass is 232 g/mol. The molecule has 0 spiro atoms. The summed E-state index contributed by atoms with van der Waals surface area (Å²) in [7, 11) is 0. The van der Waals surface area contributed by atoms with E-state index in [1.165, 1.54) is 6.42 Å². The number of anilines is 1. The van der Waals surface area contributed by atoms with Crippen molar-refractivity contribution in [3.63, 3.8) is 0 Å². The molecule has 0 bridgehead atoms. The number of ketones is 1. The van der Waals surface area contributed by atoms with Crippen molar-refractivity contribution in [2.75, 3.05) is 11.4 Å². The second kappa shape index (κ2) is 4.86. The highest BCUT2D eigenvalue weighted by molar-refractivity contribution is 5.94. The molecule has 1 saturated heterocycles. The molecule has 0 amide bonds. The second-order valence-corrected chi connectivity index (χ2v) is 5.02.